The van der Waals surface area contributed by atoms with Crippen molar-refractivity contribution in [3.8, 4) is 23.5 Å². The van der Waals surface area contributed by atoms with Crippen LogP contribution in [0.15, 0.2) is 0 Å². The van der Waals surface area contributed by atoms with Gasteiger partial charge in [0.15, 0.2) is 0 Å². The van der Waals surface area contributed by atoms with E-state index >= 15 is 0 Å². The number of rotatable bonds is 16. The van der Waals surface area contributed by atoms with E-state index in [9.17, 15) is 0 Å². The first-order valence-electron chi connectivity index (χ1n) is 14.0. The van der Waals surface area contributed by atoms with Crippen LogP contribution < -0.4 is 18.9 Å². The molecule has 0 fully saturated rings. The Balaban J connectivity index is 0. The standard InChI is InChI=1S/C30H56B.Li/c1-9-11-13-15-17-19-21-23-25-31(29(7)27(3)4,30(8)28(5)6)26-24-22-20-18-16-14-12-10-2;/h27-30H,9-22H2,1-8H3;/q-1;+1. The van der Waals surface area contributed by atoms with E-state index in [-0.39, 0.29) is 18.9 Å². The van der Waals surface area contributed by atoms with E-state index < -0.39 is 6.15 Å². The van der Waals surface area contributed by atoms with Gasteiger partial charge in [-0.15, -0.1) is 23.5 Å². The van der Waals surface area contributed by atoms with Crippen molar-refractivity contribution in [1.82, 2.24) is 0 Å². The molecule has 0 heterocycles. The minimum absolute atomic E-state index is 0. The van der Waals surface area contributed by atoms with Gasteiger partial charge in [-0.2, -0.15) is 0 Å². The van der Waals surface area contributed by atoms with Crippen molar-refractivity contribution < 1.29 is 18.9 Å². The maximum absolute atomic E-state index is 3.86. The van der Waals surface area contributed by atoms with Gasteiger partial charge in [0.25, 0.3) is 0 Å². The SMILES string of the molecule is CCCCCCCCC#C[B-](C#CCCCCCCCC)(C(C)C(C)C)C(C)C(C)C.[Li+]. The molecule has 0 aliphatic rings. The van der Waals surface area contributed by atoms with Gasteiger partial charge in [-0.1, -0.05) is 131 Å². The van der Waals surface area contributed by atoms with Crippen molar-refractivity contribution >= 4 is 6.15 Å². The van der Waals surface area contributed by atoms with Crippen LogP contribution >= 0.6 is 0 Å². The van der Waals surface area contributed by atoms with Crippen LogP contribution in [0.3, 0.4) is 0 Å². The van der Waals surface area contributed by atoms with Crippen molar-refractivity contribution in [2.24, 2.45) is 11.8 Å². The van der Waals surface area contributed by atoms with Crippen LogP contribution in [0.1, 0.15) is 145 Å². The molecule has 0 aliphatic carbocycles. The third-order valence-corrected chi connectivity index (χ3v) is 7.75. The summed E-state index contributed by atoms with van der Waals surface area (Å²) in [5.41, 5.74) is 0. The second-order valence-electron chi connectivity index (χ2n) is 10.9. The number of hydrogen-bond acceptors (Lipinski definition) is 0. The molecule has 0 aromatic carbocycles. The van der Waals surface area contributed by atoms with E-state index in [0.717, 1.165) is 12.8 Å². The van der Waals surface area contributed by atoms with Gasteiger partial charge in [0, 0.05) is 12.8 Å². The van der Waals surface area contributed by atoms with E-state index in [1.165, 1.54) is 77.0 Å². The second kappa shape index (κ2) is 21.3. The summed E-state index contributed by atoms with van der Waals surface area (Å²) < 4.78 is 0. The first kappa shape index (κ1) is 34.0. The van der Waals surface area contributed by atoms with Gasteiger partial charge in [0.1, 0.15) is 6.15 Å². The average Bonchev–Trinajstić information content (AvgIpc) is 2.74. The van der Waals surface area contributed by atoms with Crippen LogP contribution in [0.2, 0.25) is 11.6 Å². The summed E-state index contributed by atoms with van der Waals surface area (Å²) in [6, 6.07) is 0. The zero-order valence-corrected chi connectivity index (χ0v) is 23.8. The fourth-order valence-electron chi connectivity index (χ4n) is 4.72. The Bertz CT molecular complexity index is 493. The van der Waals surface area contributed by atoms with Crippen LogP contribution in [-0.4, -0.2) is 6.15 Å². The molecular formula is C30H56BLi. The maximum atomic E-state index is 3.86. The third-order valence-electron chi connectivity index (χ3n) is 7.75. The molecule has 0 N–H and O–H groups in total. The molecule has 0 aliphatic heterocycles. The summed E-state index contributed by atoms with van der Waals surface area (Å²) >= 11 is 0. The van der Waals surface area contributed by atoms with E-state index in [4.69, 9.17) is 0 Å². The summed E-state index contributed by atoms with van der Waals surface area (Å²) in [7, 11) is 0. The minimum Gasteiger partial charge on any atom is -0.298 e. The maximum Gasteiger partial charge on any atom is 1.00 e. The molecule has 180 valence electrons. The van der Waals surface area contributed by atoms with E-state index in [1.807, 2.05) is 0 Å². The molecule has 2 unspecified atom stereocenters. The molecule has 2 atom stereocenters. The van der Waals surface area contributed by atoms with Crippen molar-refractivity contribution in [2.45, 2.75) is 157 Å². The number of hydrogen-bond donors (Lipinski definition) is 0. The molecule has 0 radical (unpaired) electrons. The van der Waals surface area contributed by atoms with Gasteiger partial charge >= 0.3 is 18.9 Å². The molecule has 0 amide bonds. The van der Waals surface area contributed by atoms with Crippen molar-refractivity contribution in [1.29, 1.82) is 0 Å². The summed E-state index contributed by atoms with van der Waals surface area (Å²) in [4.78, 5) is 0. The van der Waals surface area contributed by atoms with Crippen LogP contribution in [0.4, 0.5) is 0 Å². The van der Waals surface area contributed by atoms with Gasteiger partial charge in [-0.25, -0.2) is 0 Å². The molecule has 0 saturated heterocycles. The van der Waals surface area contributed by atoms with Gasteiger partial charge < -0.3 is 0 Å². The predicted octanol–water partition coefficient (Wildman–Crippen LogP) is 7.12. The van der Waals surface area contributed by atoms with Gasteiger partial charge in [0.2, 0.25) is 0 Å². The third kappa shape index (κ3) is 14.1. The molecule has 0 spiro atoms. The fraction of sp³-hybridized carbons (Fsp3) is 0.867. The topological polar surface area (TPSA) is 0 Å². The molecular weight excluding hydrogens is 378 g/mol. The van der Waals surface area contributed by atoms with Crippen LogP contribution in [-0.2, 0) is 0 Å². The molecule has 0 aromatic heterocycles. The Morgan fingerprint density at radius 2 is 0.812 bits per heavy atom. The van der Waals surface area contributed by atoms with Crippen LogP contribution in [0, 0.1) is 35.3 Å². The normalized spacial score (nSPS) is 13.1. The zero-order valence-electron chi connectivity index (χ0n) is 23.8. The molecule has 0 bridgehead atoms. The predicted molar refractivity (Wildman–Crippen MR) is 146 cm³/mol. The summed E-state index contributed by atoms with van der Waals surface area (Å²) in [6.45, 7) is 18.8. The Hall–Kier alpha value is -0.218. The smallest absolute Gasteiger partial charge is 0.298 e. The summed E-state index contributed by atoms with van der Waals surface area (Å²) in [5.74, 6) is 17.3. The van der Waals surface area contributed by atoms with E-state index in [1.54, 1.807) is 0 Å². The van der Waals surface area contributed by atoms with Crippen LogP contribution in [0.25, 0.3) is 0 Å². The van der Waals surface area contributed by atoms with Gasteiger partial charge in [-0.3, -0.25) is 11.6 Å². The van der Waals surface area contributed by atoms with E-state index in [0.29, 0.717) is 23.5 Å². The summed E-state index contributed by atoms with van der Waals surface area (Å²) in [6.07, 6.45) is 17.2. The molecule has 0 nitrogen and oxygen atoms in total. The van der Waals surface area contributed by atoms with Gasteiger partial charge in [-0.05, 0) is 12.8 Å². The Morgan fingerprint density at radius 3 is 1.12 bits per heavy atom. The molecule has 0 aromatic rings. The zero-order chi connectivity index (χ0) is 23.5. The van der Waals surface area contributed by atoms with Crippen molar-refractivity contribution in [3.63, 3.8) is 0 Å². The largest absolute Gasteiger partial charge is 1.00 e. The quantitative estimate of drug-likeness (QED) is 0.138. The van der Waals surface area contributed by atoms with Crippen molar-refractivity contribution in [3.05, 3.63) is 0 Å². The first-order valence-corrected chi connectivity index (χ1v) is 14.0. The molecule has 0 saturated carbocycles. The second-order valence-corrected chi connectivity index (χ2v) is 10.9. The molecule has 32 heavy (non-hydrogen) atoms. The number of unbranched alkanes of at least 4 members (excludes halogenated alkanes) is 12. The fourth-order valence-corrected chi connectivity index (χ4v) is 4.72. The van der Waals surface area contributed by atoms with Crippen molar-refractivity contribution in [2.75, 3.05) is 0 Å². The van der Waals surface area contributed by atoms with Crippen LogP contribution in [0.5, 0.6) is 0 Å². The Kier molecular flexibility index (Phi) is 22.6. The Morgan fingerprint density at radius 1 is 0.500 bits per heavy atom. The first-order chi connectivity index (χ1) is 14.8. The Labute approximate surface area is 216 Å². The minimum atomic E-state index is -1.00. The van der Waals surface area contributed by atoms with Gasteiger partial charge in [0.05, 0.1) is 0 Å². The average molecular weight is 435 g/mol. The monoisotopic (exact) mass is 434 g/mol. The summed E-state index contributed by atoms with van der Waals surface area (Å²) in [5, 5.41) is 0. The molecule has 2 heteroatoms. The molecule has 0 rings (SSSR count). The van der Waals surface area contributed by atoms with E-state index in [2.05, 4.69) is 78.9 Å².